The molecule has 0 aliphatic rings. The van der Waals surface area contributed by atoms with Crippen LogP contribution in [0, 0.1) is 0 Å². The molecule has 7 nitrogen and oxygen atoms in total. The summed E-state index contributed by atoms with van der Waals surface area (Å²) < 4.78 is 6.04. The van der Waals surface area contributed by atoms with Crippen molar-refractivity contribution in [1.29, 1.82) is 0 Å². The number of anilines is 1. The highest BCUT2D eigenvalue weighted by molar-refractivity contribution is 6.02. The molecular weight excluding hydrogens is 236 g/mol. The number of imidazole rings is 1. The van der Waals surface area contributed by atoms with Gasteiger partial charge >= 0.3 is 6.03 Å². The van der Waals surface area contributed by atoms with Crippen LogP contribution in [0.5, 0.6) is 0 Å². The van der Waals surface area contributed by atoms with E-state index in [2.05, 4.69) is 10.3 Å². The first-order chi connectivity index (χ1) is 8.68. The van der Waals surface area contributed by atoms with Crippen molar-refractivity contribution >= 4 is 17.6 Å². The minimum absolute atomic E-state index is 0.233. The lowest BCUT2D eigenvalue weighted by molar-refractivity contribution is 0.102. The number of nitrogens with zero attached hydrogens (tertiary/aromatic N) is 2. The summed E-state index contributed by atoms with van der Waals surface area (Å²) in [7, 11) is 0. The van der Waals surface area contributed by atoms with Crippen LogP contribution in [0.1, 0.15) is 10.6 Å². The van der Waals surface area contributed by atoms with Crippen LogP contribution in [0.2, 0.25) is 0 Å². The number of ketones is 1. The van der Waals surface area contributed by atoms with Crippen LogP contribution in [-0.2, 0) is 0 Å². The molecule has 1 amide bonds. The van der Waals surface area contributed by atoms with Crippen molar-refractivity contribution in [3.05, 3.63) is 49.0 Å². The molecule has 0 aliphatic heterocycles. The summed E-state index contributed by atoms with van der Waals surface area (Å²) in [6.07, 6.45) is 6.74. The number of nitrogens with one attached hydrogen (secondary N) is 1. The molecule has 2 aromatic heterocycles. The molecule has 92 valence electrons. The maximum atomic E-state index is 11.5. The molecule has 7 heteroatoms. The third-order valence-electron chi connectivity index (χ3n) is 2.11. The number of allylic oxidation sites excluding steroid dienone is 1. The number of aromatic nitrogens is 2. The predicted octanol–water partition coefficient (Wildman–Crippen LogP) is 1.21. The SMILES string of the molecule is NC(=O)n1cncc1NC=CC(=O)c1ccco1. The first kappa shape index (κ1) is 11.6. The van der Waals surface area contributed by atoms with Gasteiger partial charge in [0.15, 0.2) is 5.76 Å². The molecule has 2 rings (SSSR count). The molecular formula is C11H10N4O3. The Bertz CT molecular complexity index is 583. The smallest absolute Gasteiger partial charge is 0.325 e. The lowest BCUT2D eigenvalue weighted by atomic mass is 10.3. The van der Waals surface area contributed by atoms with E-state index in [9.17, 15) is 9.59 Å². The average Bonchev–Trinajstić information content (AvgIpc) is 2.99. The Morgan fingerprint density at radius 1 is 1.50 bits per heavy atom. The molecule has 0 spiro atoms. The summed E-state index contributed by atoms with van der Waals surface area (Å²) in [4.78, 5) is 26.2. The van der Waals surface area contributed by atoms with Crippen LogP contribution < -0.4 is 11.1 Å². The number of furan rings is 1. The minimum atomic E-state index is -0.666. The van der Waals surface area contributed by atoms with Crippen molar-refractivity contribution in [2.24, 2.45) is 5.73 Å². The standard InChI is InChI=1S/C11H10N4O3/c12-11(17)15-7-13-6-10(15)14-4-3-8(16)9-2-1-5-18-9/h1-7,14H,(H2,12,17). The second-order valence-corrected chi connectivity index (χ2v) is 3.31. The van der Waals surface area contributed by atoms with Crippen LogP contribution in [-0.4, -0.2) is 21.4 Å². The van der Waals surface area contributed by atoms with Gasteiger partial charge in [0.25, 0.3) is 0 Å². The number of carbonyl (C=O) groups excluding carboxylic acids is 2. The second kappa shape index (κ2) is 5.00. The minimum Gasteiger partial charge on any atom is -0.461 e. The van der Waals surface area contributed by atoms with Gasteiger partial charge in [-0.05, 0) is 12.1 Å². The number of primary amides is 1. The predicted molar refractivity (Wildman–Crippen MR) is 63.0 cm³/mol. The van der Waals surface area contributed by atoms with Gasteiger partial charge in [0, 0.05) is 12.3 Å². The van der Waals surface area contributed by atoms with Crippen molar-refractivity contribution in [2.45, 2.75) is 0 Å². The van der Waals surface area contributed by atoms with Crippen LogP contribution in [0.4, 0.5) is 10.6 Å². The summed E-state index contributed by atoms with van der Waals surface area (Å²) in [5.41, 5.74) is 5.11. The highest BCUT2D eigenvalue weighted by Gasteiger charge is 2.05. The summed E-state index contributed by atoms with van der Waals surface area (Å²) in [5.74, 6) is 0.306. The zero-order valence-electron chi connectivity index (χ0n) is 9.24. The first-order valence-electron chi connectivity index (χ1n) is 5.01. The molecule has 0 unspecified atom stereocenters. The topological polar surface area (TPSA) is 103 Å². The maximum absolute atomic E-state index is 11.5. The highest BCUT2D eigenvalue weighted by Crippen LogP contribution is 2.06. The Balaban J connectivity index is 2.01. The molecule has 0 aliphatic carbocycles. The van der Waals surface area contributed by atoms with Crippen LogP contribution in [0.3, 0.4) is 0 Å². The summed E-state index contributed by atoms with van der Waals surface area (Å²) in [6.45, 7) is 0. The summed E-state index contributed by atoms with van der Waals surface area (Å²) in [6, 6.07) is 2.51. The van der Waals surface area contributed by atoms with Crippen LogP contribution in [0.15, 0.2) is 47.6 Å². The van der Waals surface area contributed by atoms with Gasteiger partial charge in [-0.3, -0.25) is 4.79 Å². The van der Waals surface area contributed by atoms with Crippen LogP contribution in [0.25, 0.3) is 0 Å². The van der Waals surface area contributed by atoms with Gasteiger partial charge in [-0.25, -0.2) is 14.3 Å². The van der Waals surface area contributed by atoms with E-state index in [1.165, 1.54) is 31.1 Å². The summed E-state index contributed by atoms with van der Waals surface area (Å²) in [5, 5.41) is 2.72. The quantitative estimate of drug-likeness (QED) is 0.623. The fourth-order valence-electron chi connectivity index (χ4n) is 1.28. The fourth-order valence-corrected chi connectivity index (χ4v) is 1.28. The van der Waals surface area contributed by atoms with Gasteiger partial charge in [0.1, 0.15) is 12.1 Å². The van der Waals surface area contributed by atoms with E-state index in [1.54, 1.807) is 12.1 Å². The molecule has 0 bridgehead atoms. The Morgan fingerprint density at radius 3 is 3.00 bits per heavy atom. The third kappa shape index (κ3) is 2.46. The van der Waals surface area contributed by atoms with Gasteiger partial charge in [0.2, 0.25) is 5.78 Å². The second-order valence-electron chi connectivity index (χ2n) is 3.31. The molecule has 0 aromatic carbocycles. The lowest BCUT2D eigenvalue weighted by Gasteiger charge is -2.01. The van der Waals surface area contributed by atoms with Crippen molar-refractivity contribution < 1.29 is 14.0 Å². The number of hydrogen-bond acceptors (Lipinski definition) is 5. The van der Waals surface area contributed by atoms with Gasteiger partial charge in [-0.15, -0.1) is 0 Å². The number of hydrogen-bond donors (Lipinski definition) is 2. The number of rotatable bonds is 4. The van der Waals surface area contributed by atoms with Crippen LogP contribution >= 0.6 is 0 Å². The lowest BCUT2D eigenvalue weighted by Crippen LogP contribution is -2.19. The zero-order valence-corrected chi connectivity index (χ0v) is 9.24. The third-order valence-corrected chi connectivity index (χ3v) is 2.11. The van der Waals surface area contributed by atoms with E-state index in [0.29, 0.717) is 5.82 Å². The van der Waals surface area contributed by atoms with Crippen molar-refractivity contribution in [3.8, 4) is 0 Å². The van der Waals surface area contributed by atoms with E-state index in [-0.39, 0.29) is 11.5 Å². The zero-order chi connectivity index (χ0) is 13.0. The fraction of sp³-hybridized carbons (Fsp3) is 0. The Kier molecular flexibility index (Phi) is 3.24. The van der Waals surface area contributed by atoms with Gasteiger partial charge < -0.3 is 15.5 Å². The number of nitrogens with two attached hydrogens (primary N) is 1. The summed E-state index contributed by atoms with van der Waals surface area (Å²) >= 11 is 0. The Morgan fingerprint density at radius 2 is 2.33 bits per heavy atom. The molecule has 0 saturated carbocycles. The first-order valence-corrected chi connectivity index (χ1v) is 5.01. The maximum Gasteiger partial charge on any atom is 0.325 e. The Hall–Kier alpha value is -2.83. The molecule has 0 radical (unpaired) electrons. The van der Waals surface area contributed by atoms with Gasteiger partial charge in [0.05, 0.1) is 12.5 Å². The van der Waals surface area contributed by atoms with Gasteiger partial charge in [-0.2, -0.15) is 0 Å². The van der Waals surface area contributed by atoms with E-state index in [0.717, 1.165) is 4.57 Å². The van der Waals surface area contributed by atoms with Gasteiger partial charge in [-0.1, -0.05) is 0 Å². The largest absolute Gasteiger partial charge is 0.461 e. The normalized spacial score (nSPS) is 10.7. The number of carbonyl (C=O) groups is 2. The molecule has 18 heavy (non-hydrogen) atoms. The monoisotopic (exact) mass is 246 g/mol. The van der Waals surface area contributed by atoms with E-state index >= 15 is 0 Å². The van der Waals surface area contributed by atoms with Crippen molar-refractivity contribution in [1.82, 2.24) is 9.55 Å². The van der Waals surface area contributed by atoms with Crippen molar-refractivity contribution in [2.75, 3.05) is 5.32 Å². The van der Waals surface area contributed by atoms with E-state index in [4.69, 9.17) is 10.2 Å². The van der Waals surface area contributed by atoms with E-state index < -0.39 is 6.03 Å². The molecule has 0 saturated heterocycles. The average molecular weight is 246 g/mol. The number of amides is 1. The molecule has 2 aromatic rings. The van der Waals surface area contributed by atoms with E-state index in [1.807, 2.05) is 0 Å². The molecule has 3 N–H and O–H groups in total. The molecule has 0 atom stereocenters. The Labute approximate surface area is 102 Å². The molecule has 2 heterocycles. The highest BCUT2D eigenvalue weighted by atomic mass is 16.3. The van der Waals surface area contributed by atoms with Crippen molar-refractivity contribution in [3.63, 3.8) is 0 Å². The molecule has 0 fully saturated rings.